The minimum atomic E-state index is -0.857. The Morgan fingerprint density at radius 2 is 2.17 bits per heavy atom. The molecule has 160 valence electrons. The largest absolute Gasteiger partial charge is 0.325 e. The van der Waals surface area contributed by atoms with Crippen molar-refractivity contribution >= 4 is 52.1 Å². The van der Waals surface area contributed by atoms with Gasteiger partial charge in [-0.25, -0.2) is 9.79 Å². The molecule has 1 aliphatic carbocycles. The summed E-state index contributed by atoms with van der Waals surface area (Å²) in [6.07, 6.45) is 3.48. The molecule has 2 heterocycles. The lowest BCUT2D eigenvalue weighted by Gasteiger charge is -2.36. The van der Waals surface area contributed by atoms with E-state index in [0.29, 0.717) is 34.6 Å². The first-order chi connectivity index (χ1) is 14.3. The fraction of sp³-hybridized carbons (Fsp3) is 0.524. The molecule has 1 spiro atoms. The summed E-state index contributed by atoms with van der Waals surface area (Å²) in [5.74, 6) is 0.199. The molecule has 0 radical (unpaired) electrons. The summed E-state index contributed by atoms with van der Waals surface area (Å²) in [5, 5.41) is 4.08. The average molecular weight is 449 g/mol. The number of carbonyl (C=O) groups is 3. The summed E-state index contributed by atoms with van der Waals surface area (Å²) in [5.41, 5.74) is 0.688. The van der Waals surface area contributed by atoms with E-state index >= 15 is 0 Å². The van der Waals surface area contributed by atoms with Gasteiger partial charge in [-0.15, -0.1) is 0 Å². The van der Waals surface area contributed by atoms with Gasteiger partial charge in [-0.1, -0.05) is 49.2 Å². The summed E-state index contributed by atoms with van der Waals surface area (Å²) < 4.78 is 0. The molecule has 7 nitrogen and oxygen atoms in total. The number of amidine groups is 1. The number of urea groups is 1. The second-order valence-electron chi connectivity index (χ2n) is 8.11. The van der Waals surface area contributed by atoms with E-state index in [2.05, 4.69) is 10.3 Å². The zero-order valence-electron chi connectivity index (χ0n) is 17.1. The van der Waals surface area contributed by atoms with Crippen molar-refractivity contribution in [3.63, 3.8) is 0 Å². The maximum absolute atomic E-state index is 13.1. The number of rotatable bonds is 3. The fourth-order valence-corrected chi connectivity index (χ4v) is 5.54. The maximum Gasteiger partial charge on any atom is 0.325 e. The van der Waals surface area contributed by atoms with Gasteiger partial charge in [-0.3, -0.25) is 19.4 Å². The third kappa shape index (κ3) is 3.60. The SMILES string of the molecule is Cc1c(Cl)cccc1N=C1SCCN1C(=O)CN1C(=O)N[C@]2(CCCC[C@H]2C)C1=O. The van der Waals surface area contributed by atoms with Crippen LogP contribution in [0.2, 0.25) is 5.02 Å². The highest BCUT2D eigenvalue weighted by atomic mass is 35.5. The molecule has 9 heteroatoms. The highest BCUT2D eigenvalue weighted by Crippen LogP contribution is 2.38. The Morgan fingerprint density at radius 3 is 2.93 bits per heavy atom. The Balaban J connectivity index is 1.52. The Morgan fingerprint density at radius 1 is 1.37 bits per heavy atom. The fourth-order valence-electron chi connectivity index (χ4n) is 4.41. The molecule has 1 saturated carbocycles. The van der Waals surface area contributed by atoms with Crippen molar-refractivity contribution in [2.45, 2.75) is 45.1 Å². The number of nitrogens with zero attached hydrogens (tertiary/aromatic N) is 3. The Bertz CT molecular complexity index is 937. The number of amides is 4. The van der Waals surface area contributed by atoms with Gasteiger partial charge in [-0.05, 0) is 43.4 Å². The normalized spacial score (nSPS) is 28.0. The van der Waals surface area contributed by atoms with Gasteiger partial charge in [0.25, 0.3) is 5.91 Å². The minimum Gasteiger partial charge on any atom is -0.323 e. The van der Waals surface area contributed by atoms with E-state index in [9.17, 15) is 14.4 Å². The highest BCUT2D eigenvalue weighted by molar-refractivity contribution is 8.14. The maximum atomic E-state index is 13.1. The van der Waals surface area contributed by atoms with E-state index < -0.39 is 11.6 Å². The van der Waals surface area contributed by atoms with Crippen molar-refractivity contribution in [2.75, 3.05) is 18.8 Å². The van der Waals surface area contributed by atoms with E-state index in [1.54, 1.807) is 11.0 Å². The van der Waals surface area contributed by atoms with Crippen LogP contribution in [-0.4, -0.2) is 57.2 Å². The lowest BCUT2D eigenvalue weighted by Crippen LogP contribution is -2.54. The summed E-state index contributed by atoms with van der Waals surface area (Å²) in [6.45, 7) is 4.10. The first-order valence-electron chi connectivity index (χ1n) is 10.2. The number of hydrogen-bond acceptors (Lipinski definition) is 5. The van der Waals surface area contributed by atoms with Crippen LogP contribution in [0.4, 0.5) is 10.5 Å². The van der Waals surface area contributed by atoms with Crippen LogP contribution in [0, 0.1) is 12.8 Å². The van der Waals surface area contributed by atoms with Gasteiger partial charge in [0.05, 0.1) is 5.69 Å². The topological polar surface area (TPSA) is 82.1 Å². The van der Waals surface area contributed by atoms with Crippen LogP contribution >= 0.6 is 23.4 Å². The molecule has 4 amide bonds. The number of benzene rings is 1. The zero-order valence-corrected chi connectivity index (χ0v) is 18.7. The van der Waals surface area contributed by atoms with Crippen LogP contribution < -0.4 is 5.32 Å². The van der Waals surface area contributed by atoms with Crippen molar-refractivity contribution < 1.29 is 14.4 Å². The molecule has 2 aliphatic heterocycles. The Labute approximate surface area is 185 Å². The predicted molar refractivity (Wildman–Crippen MR) is 118 cm³/mol. The average Bonchev–Trinajstić information content (AvgIpc) is 3.27. The lowest BCUT2D eigenvalue weighted by atomic mass is 9.73. The van der Waals surface area contributed by atoms with E-state index in [1.807, 2.05) is 26.0 Å². The number of hydrogen-bond donors (Lipinski definition) is 1. The monoisotopic (exact) mass is 448 g/mol. The van der Waals surface area contributed by atoms with E-state index in [0.717, 1.165) is 29.7 Å². The predicted octanol–water partition coefficient (Wildman–Crippen LogP) is 3.71. The van der Waals surface area contributed by atoms with E-state index in [4.69, 9.17) is 11.6 Å². The van der Waals surface area contributed by atoms with Gasteiger partial charge in [0.1, 0.15) is 12.1 Å². The molecule has 0 unspecified atom stereocenters. The quantitative estimate of drug-likeness (QED) is 0.714. The Hall–Kier alpha value is -2.06. The third-order valence-corrected chi connectivity index (χ3v) is 7.69. The molecule has 30 heavy (non-hydrogen) atoms. The van der Waals surface area contributed by atoms with Gasteiger partial charge >= 0.3 is 6.03 Å². The number of imide groups is 1. The molecule has 0 bridgehead atoms. The van der Waals surface area contributed by atoms with Crippen molar-refractivity contribution in [1.82, 2.24) is 15.1 Å². The molecule has 1 N–H and O–H groups in total. The lowest BCUT2D eigenvalue weighted by molar-refractivity contribution is -0.138. The van der Waals surface area contributed by atoms with E-state index in [1.165, 1.54) is 11.8 Å². The summed E-state index contributed by atoms with van der Waals surface area (Å²) in [4.78, 5) is 46.0. The smallest absolute Gasteiger partial charge is 0.323 e. The van der Waals surface area contributed by atoms with Crippen molar-refractivity contribution in [1.29, 1.82) is 0 Å². The van der Waals surface area contributed by atoms with Crippen molar-refractivity contribution in [3.05, 3.63) is 28.8 Å². The first-order valence-corrected chi connectivity index (χ1v) is 11.6. The highest BCUT2D eigenvalue weighted by Gasteiger charge is 2.55. The zero-order chi connectivity index (χ0) is 21.5. The van der Waals surface area contributed by atoms with Crippen LogP contribution in [0.3, 0.4) is 0 Å². The van der Waals surface area contributed by atoms with Gasteiger partial charge in [0, 0.05) is 17.3 Å². The molecule has 3 aliphatic rings. The van der Waals surface area contributed by atoms with Crippen molar-refractivity contribution in [3.8, 4) is 0 Å². The number of nitrogens with one attached hydrogen (secondary N) is 1. The van der Waals surface area contributed by atoms with Gasteiger partial charge in [0.2, 0.25) is 5.91 Å². The van der Waals surface area contributed by atoms with Gasteiger partial charge in [0.15, 0.2) is 5.17 Å². The van der Waals surface area contributed by atoms with Crippen LogP contribution in [0.1, 0.15) is 38.2 Å². The van der Waals surface area contributed by atoms with E-state index in [-0.39, 0.29) is 24.3 Å². The van der Waals surface area contributed by atoms with Crippen LogP contribution in [0.25, 0.3) is 0 Å². The first kappa shape index (κ1) is 21.2. The Kier molecular flexibility index (Phi) is 5.81. The molecule has 3 fully saturated rings. The van der Waals surface area contributed by atoms with Gasteiger partial charge in [-0.2, -0.15) is 0 Å². The number of halogens is 1. The second kappa shape index (κ2) is 8.23. The molecule has 1 aromatic carbocycles. The second-order valence-corrected chi connectivity index (χ2v) is 9.58. The molecule has 2 saturated heterocycles. The molecular weight excluding hydrogens is 424 g/mol. The minimum absolute atomic E-state index is 0.0630. The standard InChI is InChI=1S/C21H25ClN4O3S/c1-13-6-3-4-9-21(13)18(28)26(19(29)24-21)12-17(27)25-10-11-30-20(25)23-16-8-5-7-15(22)14(16)2/h5,7-8,13H,3-4,6,9-12H2,1-2H3,(H,24,29)/t13-,21+/m1/s1. The molecule has 2 atom stereocenters. The third-order valence-electron chi connectivity index (χ3n) is 6.33. The molecule has 1 aromatic rings. The van der Waals surface area contributed by atoms with Crippen molar-refractivity contribution in [2.24, 2.45) is 10.9 Å². The molecule has 4 rings (SSSR count). The number of thioether (sulfide) groups is 1. The number of carbonyl (C=O) groups excluding carboxylic acids is 3. The number of aliphatic imine (C=N–C) groups is 1. The van der Waals surface area contributed by atoms with Gasteiger partial charge < -0.3 is 5.32 Å². The van der Waals surface area contributed by atoms with Crippen LogP contribution in [0.5, 0.6) is 0 Å². The summed E-state index contributed by atoms with van der Waals surface area (Å²) in [7, 11) is 0. The summed E-state index contributed by atoms with van der Waals surface area (Å²) >= 11 is 7.66. The molecule has 0 aromatic heterocycles. The molecular formula is C21H25ClN4O3S. The van der Waals surface area contributed by atoms with Crippen LogP contribution in [-0.2, 0) is 9.59 Å². The van der Waals surface area contributed by atoms with Crippen LogP contribution in [0.15, 0.2) is 23.2 Å². The summed E-state index contributed by atoms with van der Waals surface area (Å²) in [6, 6.07) is 4.99.